The topological polar surface area (TPSA) is 75.4 Å². The van der Waals surface area contributed by atoms with Gasteiger partial charge >= 0.3 is 0 Å². The molecule has 1 saturated carbocycles. The van der Waals surface area contributed by atoms with Crippen molar-refractivity contribution in [3.63, 3.8) is 0 Å². The number of nitrogens with one attached hydrogen (secondary N) is 1. The van der Waals surface area contributed by atoms with Gasteiger partial charge in [0.2, 0.25) is 0 Å². The van der Waals surface area contributed by atoms with Crippen molar-refractivity contribution in [2.45, 2.75) is 38.7 Å². The lowest BCUT2D eigenvalue weighted by atomic mass is 9.87. The SMILES string of the molecule is Cc1cc(N)cc(C(=O)NCC2CCC(O)CC2)c1F. The van der Waals surface area contributed by atoms with Gasteiger partial charge < -0.3 is 16.2 Å². The molecule has 0 aliphatic heterocycles. The second-order valence-electron chi connectivity index (χ2n) is 5.58. The summed E-state index contributed by atoms with van der Waals surface area (Å²) in [5, 5.41) is 12.2. The van der Waals surface area contributed by atoms with Crippen LogP contribution in [0, 0.1) is 18.7 Å². The van der Waals surface area contributed by atoms with E-state index in [0.29, 0.717) is 23.7 Å². The molecule has 0 unspecified atom stereocenters. The van der Waals surface area contributed by atoms with Crippen molar-refractivity contribution in [1.82, 2.24) is 5.32 Å². The minimum absolute atomic E-state index is 0.00153. The van der Waals surface area contributed by atoms with E-state index in [1.54, 1.807) is 6.92 Å². The fourth-order valence-electron chi connectivity index (χ4n) is 2.64. The number of anilines is 1. The van der Waals surface area contributed by atoms with E-state index in [-0.39, 0.29) is 11.7 Å². The summed E-state index contributed by atoms with van der Waals surface area (Å²) >= 11 is 0. The van der Waals surface area contributed by atoms with Gasteiger partial charge in [-0.3, -0.25) is 4.79 Å². The monoisotopic (exact) mass is 280 g/mol. The van der Waals surface area contributed by atoms with E-state index in [2.05, 4.69) is 5.32 Å². The predicted molar refractivity (Wildman–Crippen MR) is 75.8 cm³/mol. The van der Waals surface area contributed by atoms with Crippen molar-refractivity contribution in [2.75, 3.05) is 12.3 Å². The summed E-state index contributed by atoms with van der Waals surface area (Å²) in [6.45, 7) is 2.10. The molecule has 0 saturated heterocycles. The van der Waals surface area contributed by atoms with Crippen LogP contribution in [0.2, 0.25) is 0 Å². The van der Waals surface area contributed by atoms with Crippen LogP contribution in [0.4, 0.5) is 10.1 Å². The molecule has 20 heavy (non-hydrogen) atoms. The molecule has 110 valence electrons. The summed E-state index contributed by atoms with van der Waals surface area (Å²) < 4.78 is 13.9. The average Bonchev–Trinajstić information content (AvgIpc) is 2.42. The number of benzene rings is 1. The standard InChI is InChI=1S/C15H21FN2O2/c1-9-6-11(17)7-13(14(9)16)15(20)18-8-10-2-4-12(19)5-3-10/h6-7,10,12,19H,2-5,8,17H2,1H3,(H,18,20). The van der Waals surface area contributed by atoms with Crippen LogP contribution in [0.1, 0.15) is 41.6 Å². The third-order valence-electron chi connectivity index (χ3n) is 3.89. The van der Waals surface area contributed by atoms with Crippen molar-refractivity contribution < 1.29 is 14.3 Å². The van der Waals surface area contributed by atoms with Gasteiger partial charge in [0.25, 0.3) is 5.91 Å². The van der Waals surface area contributed by atoms with E-state index in [9.17, 15) is 14.3 Å². The molecule has 0 radical (unpaired) electrons. The predicted octanol–water partition coefficient (Wildman–Crippen LogP) is 2.00. The zero-order chi connectivity index (χ0) is 14.7. The van der Waals surface area contributed by atoms with Crippen molar-refractivity contribution >= 4 is 11.6 Å². The number of aliphatic hydroxyl groups is 1. The van der Waals surface area contributed by atoms with Gasteiger partial charge in [-0.05, 0) is 56.2 Å². The number of carbonyl (C=O) groups excluding carboxylic acids is 1. The van der Waals surface area contributed by atoms with E-state index in [4.69, 9.17) is 5.73 Å². The third kappa shape index (κ3) is 3.48. The van der Waals surface area contributed by atoms with E-state index in [1.807, 2.05) is 0 Å². The molecule has 0 aromatic heterocycles. The van der Waals surface area contributed by atoms with Gasteiger partial charge in [-0.25, -0.2) is 4.39 Å². The average molecular weight is 280 g/mol. The molecule has 0 spiro atoms. The molecular formula is C15H21FN2O2. The molecule has 1 aromatic carbocycles. The lowest BCUT2D eigenvalue weighted by molar-refractivity contribution is 0.0906. The lowest BCUT2D eigenvalue weighted by Gasteiger charge is -2.25. The van der Waals surface area contributed by atoms with Gasteiger partial charge in [0.05, 0.1) is 11.7 Å². The van der Waals surface area contributed by atoms with Crippen LogP contribution in [-0.2, 0) is 0 Å². The summed E-state index contributed by atoms with van der Waals surface area (Å²) in [5.74, 6) is -0.590. The third-order valence-corrected chi connectivity index (χ3v) is 3.89. The summed E-state index contributed by atoms with van der Waals surface area (Å²) in [6, 6.07) is 2.87. The zero-order valence-electron chi connectivity index (χ0n) is 11.7. The fourth-order valence-corrected chi connectivity index (χ4v) is 2.64. The first-order valence-electron chi connectivity index (χ1n) is 6.99. The molecule has 0 heterocycles. The minimum Gasteiger partial charge on any atom is -0.399 e. The Kier molecular flexibility index (Phi) is 4.60. The van der Waals surface area contributed by atoms with Crippen molar-refractivity contribution in [2.24, 2.45) is 5.92 Å². The van der Waals surface area contributed by atoms with E-state index < -0.39 is 11.7 Å². The van der Waals surface area contributed by atoms with Crippen LogP contribution in [-0.4, -0.2) is 23.7 Å². The Morgan fingerprint density at radius 3 is 2.70 bits per heavy atom. The zero-order valence-corrected chi connectivity index (χ0v) is 11.7. The maximum absolute atomic E-state index is 13.9. The summed E-state index contributed by atoms with van der Waals surface area (Å²) in [6.07, 6.45) is 3.11. The number of aryl methyl sites for hydroxylation is 1. The first-order chi connectivity index (χ1) is 9.47. The highest BCUT2D eigenvalue weighted by molar-refractivity contribution is 5.95. The Morgan fingerprint density at radius 2 is 2.05 bits per heavy atom. The molecule has 0 bridgehead atoms. The van der Waals surface area contributed by atoms with Gasteiger partial charge in [-0.2, -0.15) is 0 Å². The quantitative estimate of drug-likeness (QED) is 0.741. The molecule has 1 aliphatic carbocycles. The number of nitrogen functional groups attached to an aromatic ring is 1. The van der Waals surface area contributed by atoms with Crippen molar-refractivity contribution in [3.8, 4) is 0 Å². The summed E-state index contributed by atoms with van der Waals surface area (Å²) in [4.78, 5) is 12.0. The van der Waals surface area contributed by atoms with Gasteiger partial charge in [0.1, 0.15) is 5.82 Å². The Balaban J connectivity index is 1.95. The number of rotatable bonds is 3. The molecule has 4 nitrogen and oxygen atoms in total. The Bertz CT molecular complexity index is 497. The Hall–Kier alpha value is -1.62. The highest BCUT2D eigenvalue weighted by atomic mass is 19.1. The first kappa shape index (κ1) is 14.8. The van der Waals surface area contributed by atoms with Crippen molar-refractivity contribution in [1.29, 1.82) is 0 Å². The molecule has 1 amide bonds. The number of halogens is 1. The lowest BCUT2D eigenvalue weighted by Crippen LogP contribution is -2.32. The highest BCUT2D eigenvalue weighted by Gasteiger charge is 2.21. The van der Waals surface area contributed by atoms with Crippen LogP contribution >= 0.6 is 0 Å². The molecule has 4 N–H and O–H groups in total. The minimum atomic E-state index is -0.518. The number of carbonyl (C=O) groups is 1. The molecule has 1 fully saturated rings. The molecule has 1 aliphatic rings. The summed E-state index contributed by atoms with van der Waals surface area (Å²) in [5.41, 5.74) is 6.40. The summed E-state index contributed by atoms with van der Waals surface area (Å²) in [7, 11) is 0. The highest BCUT2D eigenvalue weighted by Crippen LogP contribution is 2.23. The number of hydrogen-bond donors (Lipinski definition) is 3. The molecule has 0 atom stereocenters. The maximum atomic E-state index is 13.9. The van der Waals surface area contributed by atoms with Gasteiger partial charge in [0, 0.05) is 12.2 Å². The fraction of sp³-hybridized carbons (Fsp3) is 0.533. The first-order valence-corrected chi connectivity index (χ1v) is 6.99. The molecule has 1 aromatic rings. The second-order valence-corrected chi connectivity index (χ2v) is 5.58. The van der Waals surface area contributed by atoms with Crippen LogP contribution in [0.15, 0.2) is 12.1 Å². The van der Waals surface area contributed by atoms with Crippen molar-refractivity contribution in [3.05, 3.63) is 29.1 Å². The smallest absolute Gasteiger partial charge is 0.254 e. The maximum Gasteiger partial charge on any atom is 0.254 e. The Labute approximate surface area is 118 Å². The second kappa shape index (κ2) is 6.22. The Morgan fingerprint density at radius 1 is 1.40 bits per heavy atom. The van der Waals surface area contributed by atoms with E-state index in [0.717, 1.165) is 25.7 Å². The van der Waals surface area contributed by atoms with Crippen LogP contribution in [0.3, 0.4) is 0 Å². The molecular weight excluding hydrogens is 259 g/mol. The van der Waals surface area contributed by atoms with Gasteiger partial charge in [0.15, 0.2) is 0 Å². The number of nitrogens with two attached hydrogens (primary N) is 1. The van der Waals surface area contributed by atoms with Crippen LogP contribution < -0.4 is 11.1 Å². The molecule has 5 heteroatoms. The van der Waals surface area contributed by atoms with Gasteiger partial charge in [-0.15, -0.1) is 0 Å². The van der Waals surface area contributed by atoms with Crippen LogP contribution in [0.5, 0.6) is 0 Å². The molecule has 2 rings (SSSR count). The van der Waals surface area contributed by atoms with E-state index >= 15 is 0 Å². The number of amides is 1. The van der Waals surface area contributed by atoms with Gasteiger partial charge in [-0.1, -0.05) is 0 Å². The number of aliphatic hydroxyl groups excluding tert-OH is 1. The normalized spacial score (nSPS) is 22.6. The van der Waals surface area contributed by atoms with Crippen LogP contribution in [0.25, 0.3) is 0 Å². The number of hydrogen-bond acceptors (Lipinski definition) is 3. The largest absolute Gasteiger partial charge is 0.399 e. The van der Waals surface area contributed by atoms with E-state index in [1.165, 1.54) is 12.1 Å².